The molecule has 10 nitrogen and oxygen atoms in total. The van der Waals surface area contributed by atoms with Gasteiger partial charge in [-0.05, 0) is 56.9 Å². The Morgan fingerprint density at radius 1 is 1.23 bits per heavy atom. The van der Waals surface area contributed by atoms with Gasteiger partial charge in [-0.2, -0.15) is 0 Å². The first-order chi connectivity index (χ1) is 14.7. The molecule has 1 unspecified atom stereocenters. The van der Waals surface area contributed by atoms with E-state index in [1.54, 1.807) is 26.0 Å². The Bertz CT molecular complexity index is 911. The van der Waals surface area contributed by atoms with Crippen molar-refractivity contribution in [2.24, 2.45) is 11.7 Å². The van der Waals surface area contributed by atoms with E-state index in [4.69, 9.17) is 5.73 Å². The maximum absolute atomic E-state index is 12.7. The molecule has 1 saturated heterocycles. The molecule has 4 N–H and O–H groups in total. The summed E-state index contributed by atoms with van der Waals surface area (Å²) >= 11 is 0. The summed E-state index contributed by atoms with van der Waals surface area (Å²) in [4.78, 5) is 63.3. The van der Waals surface area contributed by atoms with Gasteiger partial charge in [0.15, 0.2) is 0 Å². The van der Waals surface area contributed by atoms with Gasteiger partial charge in [0.1, 0.15) is 12.1 Å². The molecule has 3 rings (SSSR count). The number of hydrogen-bond donors (Lipinski definition) is 3. The van der Waals surface area contributed by atoms with Crippen LogP contribution in [0.2, 0.25) is 0 Å². The Morgan fingerprint density at radius 2 is 1.87 bits per heavy atom. The van der Waals surface area contributed by atoms with Crippen LogP contribution in [-0.4, -0.2) is 64.6 Å². The summed E-state index contributed by atoms with van der Waals surface area (Å²) in [5.74, 6) is -1.52. The van der Waals surface area contributed by atoms with E-state index in [1.807, 2.05) is 0 Å². The van der Waals surface area contributed by atoms with Crippen LogP contribution in [0.15, 0.2) is 24.3 Å². The molecule has 0 aromatic heterocycles. The van der Waals surface area contributed by atoms with Crippen LogP contribution < -0.4 is 16.4 Å². The Kier molecular flexibility index (Phi) is 6.28. The van der Waals surface area contributed by atoms with Gasteiger partial charge in [-0.1, -0.05) is 0 Å². The van der Waals surface area contributed by atoms with Crippen molar-refractivity contribution in [2.45, 2.75) is 38.6 Å². The first kappa shape index (κ1) is 22.3. The molecule has 0 spiro atoms. The number of nitrogens with one attached hydrogen (secondary N) is 2. The summed E-state index contributed by atoms with van der Waals surface area (Å²) in [6.45, 7) is 3.59. The molecular formula is C21H27N5O5. The predicted molar refractivity (Wildman–Crippen MR) is 112 cm³/mol. The van der Waals surface area contributed by atoms with Crippen LogP contribution in [0.3, 0.4) is 0 Å². The molecule has 31 heavy (non-hydrogen) atoms. The molecule has 1 atom stereocenters. The average Bonchev–Trinajstić information content (AvgIpc) is 3.55. The van der Waals surface area contributed by atoms with Gasteiger partial charge in [-0.25, -0.2) is 4.79 Å². The van der Waals surface area contributed by atoms with Gasteiger partial charge in [0.2, 0.25) is 17.7 Å². The van der Waals surface area contributed by atoms with Crippen LogP contribution >= 0.6 is 0 Å². The Hall–Kier alpha value is -3.43. The van der Waals surface area contributed by atoms with E-state index >= 15 is 0 Å². The molecule has 1 aromatic rings. The van der Waals surface area contributed by atoms with E-state index < -0.39 is 23.4 Å². The molecule has 10 heteroatoms. The van der Waals surface area contributed by atoms with Crippen molar-refractivity contribution in [3.8, 4) is 0 Å². The van der Waals surface area contributed by atoms with Gasteiger partial charge in [-0.3, -0.25) is 24.1 Å². The predicted octanol–water partition coefficient (Wildman–Crippen LogP) is 0.683. The van der Waals surface area contributed by atoms with Crippen molar-refractivity contribution in [3.63, 3.8) is 0 Å². The first-order valence-corrected chi connectivity index (χ1v) is 10.3. The largest absolute Gasteiger partial charge is 0.366 e. The number of hydrogen-bond acceptors (Lipinski definition) is 5. The molecule has 1 aliphatic heterocycles. The van der Waals surface area contributed by atoms with Crippen LogP contribution in [0.1, 0.15) is 43.5 Å². The molecule has 2 fully saturated rings. The minimum Gasteiger partial charge on any atom is -0.366 e. The van der Waals surface area contributed by atoms with Crippen molar-refractivity contribution in [1.29, 1.82) is 0 Å². The van der Waals surface area contributed by atoms with Crippen molar-refractivity contribution < 1.29 is 24.0 Å². The maximum Gasteiger partial charge on any atom is 0.325 e. The second-order valence-electron chi connectivity index (χ2n) is 8.01. The van der Waals surface area contributed by atoms with E-state index in [2.05, 4.69) is 10.6 Å². The monoisotopic (exact) mass is 429 g/mol. The van der Waals surface area contributed by atoms with Gasteiger partial charge < -0.3 is 21.3 Å². The molecule has 0 radical (unpaired) electrons. The van der Waals surface area contributed by atoms with Gasteiger partial charge in [0.25, 0.3) is 5.91 Å². The number of nitrogens with zero attached hydrogens (tertiary/aromatic N) is 2. The molecule has 166 valence electrons. The van der Waals surface area contributed by atoms with Crippen LogP contribution in [-0.2, 0) is 14.4 Å². The zero-order valence-corrected chi connectivity index (χ0v) is 17.6. The standard InChI is InChI=1S/C21H27N5O5/c1-3-25(11-10-16(27)23-15-8-4-13(5-9-15)18(22)29)17(28)12-26-19(30)21(2,14-6-7-14)24-20(26)31/h4-5,8-9,14H,3,6-7,10-12H2,1-2H3,(H2,22,29)(H,23,27)(H,24,31). The number of urea groups is 1. The average molecular weight is 429 g/mol. The number of benzene rings is 1. The first-order valence-electron chi connectivity index (χ1n) is 10.3. The number of carbonyl (C=O) groups excluding carboxylic acids is 5. The van der Waals surface area contributed by atoms with Gasteiger partial charge >= 0.3 is 6.03 Å². The number of imide groups is 1. The van der Waals surface area contributed by atoms with E-state index in [-0.39, 0.29) is 37.2 Å². The fourth-order valence-corrected chi connectivity index (χ4v) is 3.67. The summed E-state index contributed by atoms with van der Waals surface area (Å²) in [6.07, 6.45) is 1.80. The SMILES string of the molecule is CCN(CCC(=O)Nc1ccc(C(N)=O)cc1)C(=O)CN1C(=O)NC(C)(C2CC2)C1=O. The van der Waals surface area contributed by atoms with Gasteiger partial charge in [0, 0.05) is 30.8 Å². The minimum absolute atomic E-state index is 0.0388. The quantitative estimate of drug-likeness (QED) is 0.495. The molecule has 1 saturated carbocycles. The lowest BCUT2D eigenvalue weighted by molar-refractivity contribution is -0.139. The molecule has 1 heterocycles. The summed E-state index contributed by atoms with van der Waals surface area (Å²) in [6, 6.07) is 5.59. The Morgan fingerprint density at radius 3 is 2.42 bits per heavy atom. The van der Waals surface area contributed by atoms with Crippen LogP contribution in [0.25, 0.3) is 0 Å². The van der Waals surface area contributed by atoms with E-state index in [1.165, 1.54) is 17.0 Å². The number of nitrogens with two attached hydrogens (primary N) is 1. The lowest BCUT2D eigenvalue weighted by Gasteiger charge is -2.24. The number of amides is 6. The summed E-state index contributed by atoms with van der Waals surface area (Å²) in [7, 11) is 0. The van der Waals surface area contributed by atoms with Crippen molar-refractivity contribution in [1.82, 2.24) is 15.1 Å². The van der Waals surface area contributed by atoms with Crippen molar-refractivity contribution in [3.05, 3.63) is 29.8 Å². The van der Waals surface area contributed by atoms with Crippen LogP contribution in [0.4, 0.5) is 10.5 Å². The van der Waals surface area contributed by atoms with Crippen LogP contribution in [0.5, 0.6) is 0 Å². The molecule has 0 bridgehead atoms. The smallest absolute Gasteiger partial charge is 0.325 e. The molecule has 1 aliphatic carbocycles. The topological polar surface area (TPSA) is 142 Å². The lowest BCUT2D eigenvalue weighted by atomic mass is 9.96. The fraction of sp³-hybridized carbons (Fsp3) is 0.476. The number of carbonyl (C=O) groups is 5. The second kappa shape index (κ2) is 8.75. The maximum atomic E-state index is 12.7. The Balaban J connectivity index is 1.51. The summed E-state index contributed by atoms with van der Waals surface area (Å²) in [5, 5.41) is 5.40. The zero-order chi connectivity index (χ0) is 22.8. The second-order valence-corrected chi connectivity index (χ2v) is 8.01. The number of anilines is 1. The van der Waals surface area contributed by atoms with E-state index in [0.717, 1.165) is 17.7 Å². The third-order valence-electron chi connectivity index (χ3n) is 5.78. The summed E-state index contributed by atoms with van der Waals surface area (Å²) < 4.78 is 0. The molecule has 1 aromatic carbocycles. The van der Waals surface area contributed by atoms with Crippen LogP contribution in [0, 0.1) is 5.92 Å². The normalized spacial score (nSPS) is 20.4. The van der Waals surface area contributed by atoms with E-state index in [0.29, 0.717) is 17.8 Å². The highest BCUT2D eigenvalue weighted by molar-refractivity contribution is 6.09. The Labute approximate surface area is 180 Å². The number of primary amides is 1. The van der Waals surface area contributed by atoms with Crippen molar-refractivity contribution >= 4 is 35.3 Å². The number of rotatable bonds is 9. The van der Waals surface area contributed by atoms with E-state index in [9.17, 15) is 24.0 Å². The third-order valence-corrected chi connectivity index (χ3v) is 5.78. The zero-order valence-electron chi connectivity index (χ0n) is 17.6. The molecular weight excluding hydrogens is 402 g/mol. The third kappa shape index (κ3) is 4.84. The van der Waals surface area contributed by atoms with Gasteiger partial charge in [-0.15, -0.1) is 0 Å². The molecule has 6 amide bonds. The van der Waals surface area contributed by atoms with Gasteiger partial charge in [0.05, 0.1) is 0 Å². The molecule has 2 aliphatic rings. The highest BCUT2D eigenvalue weighted by Crippen LogP contribution is 2.42. The fourth-order valence-electron chi connectivity index (χ4n) is 3.67. The lowest BCUT2D eigenvalue weighted by Crippen LogP contribution is -2.47. The minimum atomic E-state index is -0.932. The highest BCUT2D eigenvalue weighted by atomic mass is 16.2. The highest BCUT2D eigenvalue weighted by Gasteiger charge is 2.56. The number of likely N-dealkylation sites (N-methyl/N-ethyl adjacent to an activating group) is 1. The van der Waals surface area contributed by atoms with Crippen molar-refractivity contribution in [2.75, 3.05) is 25.0 Å². The summed E-state index contributed by atoms with van der Waals surface area (Å²) in [5.41, 5.74) is 5.09.